The van der Waals surface area contributed by atoms with Gasteiger partial charge in [-0.15, -0.1) is 6.58 Å². The van der Waals surface area contributed by atoms with Gasteiger partial charge in [0.2, 0.25) is 0 Å². The lowest BCUT2D eigenvalue weighted by atomic mass is 10.3. The Morgan fingerprint density at radius 3 is 1.44 bits per heavy atom. The largest absolute Gasteiger partial charge is 0.673 e. The van der Waals surface area contributed by atoms with E-state index in [-0.39, 0.29) is 6.61 Å². The van der Waals surface area contributed by atoms with Gasteiger partial charge in [0, 0.05) is 0 Å². The van der Waals surface area contributed by atoms with E-state index in [2.05, 4.69) is 6.58 Å². The molecule has 0 aromatic carbocycles. The van der Waals surface area contributed by atoms with Crippen molar-refractivity contribution in [3.05, 3.63) is 12.7 Å². The number of halogens is 4. The van der Waals surface area contributed by atoms with Crippen molar-refractivity contribution in [1.29, 1.82) is 0 Å². The summed E-state index contributed by atoms with van der Waals surface area (Å²) in [5.41, 5.74) is 0. The van der Waals surface area contributed by atoms with E-state index in [1.807, 2.05) is 0 Å². The van der Waals surface area contributed by atoms with Gasteiger partial charge in [-0.2, -0.15) is 0 Å². The van der Waals surface area contributed by atoms with Gasteiger partial charge in [0.15, 0.2) is 0 Å². The molecule has 0 aliphatic heterocycles. The topological polar surface area (TPSA) is 20.2 Å². The molecule has 0 amide bonds. The number of aliphatic hydroxyl groups is 1. The maximum Gasteiger partial charge on any atom is 0.673 e. The Hall–Kier alpha value is -0.515. The highest BCUT2D eigenvalue weighted by molar-refractivity contribution is 6.50. The normalized spacial score (nSPS) is 9.44. The van der Waals surface area contributed by atoms with Crippen molar-refractivity contribution in [3.8, 4) is 0 Å². The Morgan fingerprint density at radius 2 is 1.44 bits per heavy atom. The highest BCUT2D eigenvalue weighted by Gasteiger charge is 2.20. The maximum absolute atomic E-state index is 9.75. The second-order valence-corrected chi connectivity index (χ2v) is 0.966. The van der Waals surface area contributed by atoms with Crippen molar-refractivity contribution in [2.75, 3.05) is 6.61 Å². The molecule has 0 heterocycles. The number of hydrogen-bond acceptors (Lipinski definition) is 1. The van der Waals surface area contributed by atoms with Crippen molar-refractivity contribution < 1.29 is 22.4 Å². The van der Waals surface area contributed by atoms with Gasteiger partial charge >= 0.3 is 7.25 Å². The zero-order chi connectivity index (χ0) is 7.91. The highest BCUT2D eigenvalue weighted by Crippen LogP contribution is 2.06. The van der Waals surface area contributed by atoms with Gasteiger partial charge < -0.3 is 22.4 Å². The van der Waals surface area contributed by atoms with Gasteiger partial charge in [-0.05, 0) is 0 Å². The van der Waals surface area contributed by atoms with Crippen LogP contribution in [0.1, 0.15) is 0 Å². The van der Waals surface area contributed by atoms with E-state index in [9.17, 15) is 17.3 Å². The van der Waals surface area contributed by atoms with Crippen LogP contribution in [0.15, 0.2) is 12.7 Å². The van der Waals surface area contributed by atoms with Crippen LogP contribution in [-0.4, -0.2) is 19.0 Å². The fourth-order valence-electron chi connectivity index (χ4n) is 0. The summed E-state index contributed by atoms with van der Waals surface area (Å²) in [6.45, 7) is 3.31. The maximum atomic E-state index is 9.75. The summed E-state index contributed by atoms with van der Waals surface area (Å²) in [7, 11) is -6.00. The minimum absolute atomic E-state index is 0.0833. The second kappa shape index (κ2) is 5.62. The third kappa shape index (κ3) is 958. The van der Waals surface area contributed by atoms with Crippen molar-refractivity contribution in [2.24, 2.45) is 0 Å². The lowest BCUT2D eigenvalue weighted by molar-refractivity contribution is 0.343. The van der Waals surface area contributed by atoms with E-state index < -0.39 is 7.25 Å². The zero-order valence-corrected chi connectivity index (χ0v) is 4.53. The Balaban J connectivity index is 0. The third-order valence-electron chi connectivity index (χ3n) is 0.129. The average Bonchev–Trinajstić information content (AvgIpc) is 1.61. The SMILES string of the molecule is C=CCO.F[B-](F)(F)F. The minimum Gasteiger partial charge on any atom is -0.418 e. The molecule has 1 N–H and O–H groups in total. The molecule has 0 spiro atoms. The smallest absolute Gasteiger partial charge is 0.418 e. The molecule has 0 aliphatic rings. The summed E-state index contributed by atoms with van der Waals surface area (Å²) >= 11 is 0. The van der Waals surface area contributed by atoms with Crippen LogP contribution in [0, 0.1) is 0 Å². The van der Waals surface area contributed by atoms with Crippen LogP contribution in [0.2, 0.25) is 0 Å². The molecule has 0 saturated carbocycles. The van der Waals surface area contributed by atoms with Crippen molar-refractivity contribution in [1.82, 2.24) is 0 Å². The molecule has 6 heteroatoms. The van der Waals surface area contributed by atoms with Gasteiger partial charge in [-0.25, -0.2) is 0 Å². The van der Waals surface area contributed by atoms with Crippen LogP contribution < -0.4 is 0 Å². The minimum atomic E-state index is -6.00. The number of rotatable bonds is 1. The summed E-state index contributed by atoms with van der Waals surface area (Å²) in [4.78, 5) is 0. The molecule has 0 unspecified atom stereocenters. The molecule has 0 aromatic rings. The van der Waals surface area contributed by atoms with Gasteiger partial charge in [-0.1, -0.05) is 6.08 Å². The molecular weight excluding hydrogens is 139 g/mol. The highest BCUT2D eigenvalue weighted by atomic mass is 19.5. The van der Waals surface area contributed by atoms with E-state index >= 15 is 0 Å². The van der Waals surface area contributed by atoms with Crippen molar-refractivity contribution >= 4 is 7.25 Å². The Kier molecular flexibility index (Phi) is 7.06. The first-order valence-corrected chi connectivity index (χ1v) is 2.01. The Morgan fingerprint density at radius 1 is 1.33 bits per heavy atom. The van der Waals surface area contributed by atoms with Gasteiger partial charge in [-0.3, -0.25) is 0 Å². The molecule has 0 rings (SSSR count). The molecule has 0 radical (unpaired) electrons. The summed E-state index contributed by atoms with van der Waals surface area (Å²) in [5.74, 6) is 0. The van der Waals surface area contributed by atoms with E-state index in [0.717, 1.165) is 0 Å². The molecular formula is C3H6BF4O-. The molecule has 9 heavy (non-hydrogen) atoms. The molecule has 56 valence electrons. The molecule has 0 aromatic heterocycles. The molecule has 1 nitrogen and oxygen atoms in total. The Bertz CT molecular complexity index is 64.7. The predicted octanol–water partition coefficient (Wildman–Crippen LogP) is 1.46. The fraction of sp³-hybridized carbons (Fsp3) is 0.333. The van der Waals surface area contributed by atoms with Crippen LogP contribution in [0.3, 0.4) is 0 Å². The first-order valence-electron chi connectivity index (χ1n) is 2.01. The first kappa shape index (κ1) is 11.3. The zero-order valence-electron chi connectivity index (χ0n) is 4.53. The number of aliphatic hydroxyl groups excluding tert-OH is 1. The van der Waals surface area contributed by atoms with Crippen molar-refractivity contribution in [2.45, 2.75) is 0 Å². The lowest BCUT2D eigenvalue weighted by Gasteiger charge is -1.94. The van der Waals surface area contributed by atoms with Crippen molar-refractivity contribution in [3.63, 3.8) is 0 Å². The monoisotopic (exact) mass is 145 g/mol. The molecule has 0 aliphatic carbocycles. The summed E-state index contributed by atoms with van der Waals surface area (Å²) < 4.78 is 39.0. The molecule has 0 bridgehead atoms. The van der Waals surface area contributed by atoms with E-state index in [1.54, 1.807) is 0 Å². The molecule has 0 saturated heterocycles. The number of hydrogen-bond donors (Lipinski definition) is 1. The van der Waals surface area contributed by atoms with E-state index in [1.165, 1.54) is 6.08 Å². The van der Waals surface area contributed by atoms with Crippen LogP contribution in [0.4, 0.5) is 17.3 Å². The standard InChI is InChI=1S/C3H6O.BF4/c1-2-3-4;2-1(3,4)5/h2,4H,1,3H2;/q;-1. The van der Waals surface area contributed by atoms with E-state index in [0.29, 0.717) is 0 Å². The van der Waals surface area contributed by atoms with Crippen LogP contribution in [0.25, 0.3) is 0 Å². The fourth-order valence-corrected chi connectivity index (χ4v) is 0. The predicted molar refractivity (Wildman–Crippen MR) is 27.5 cm³/mol. The van der Waals surface area contributed by atoms with Gasteiger partial charge in [0.05, 0.1) is 6.61 Å². The summed E-state index contributed by atoms with van der Waals surface area (Å²) in [6, 6.07) is 0. The average molecular weight is 145 g/mol. The van der Waals surface area contributed by atoms with Crippen LogP contribution >= 0.6 is 0 Å². The Labute approximate surface area is 50.1 Å². The van der Waals surface area contributed by atoms with Gasteiger partial charge in [0.1, 0.15) is 0 Å². The third-order valence-corrected chi connectivity index (χ3v) is 0.129. The summed E-state index contributed by atoms with van der Waals surface area (Å²) in [6.07, 6.45) is 1.43. The van der Waals surface area contributed by atoms with Gasteiger partial charge in [0.25, 0.3) is 0 Å². The first-order chi connectivity index (χ1) is 3.91. The van der Waals surface area contributed by atoms with Crippen LogP contribution in [-0.2, 0) is 0 Å². The van der Waals surface area contributed by atoms with E-state index in [4.69, 9.17) is 5.11 Å². The van der Waals surface area contributed by atoms with Crippen LogP contribution in [0.5, 0.6) is 0 Å². The lowest BCUT2D eigenvalue weighted by Crippen LogP contribution is -2.02. The second-order valence-electron chi connectivity index (χ2n) is 0.966. The quantitative estimate of drug-likeness (QED) is 0.336. The summed E-state index contributed by atoms with van der Waals surface area (Å²) in [5, 5.41) is 7.76. The molecule has 0 atom stereocenters. The molecule has 0 fully saturated rings.